The molecule has 1 atom stereocenters. The van der Waals surface area contributed by atoms with Gasteiger partial charge in [-0.25, -0.2) is 4.79 Å². The van der Waals surface area contributed by atoms with E-state index in [1.807, 2.05) is 22.6 Å². The van der Waals surface area contributed by atoms with Crippen LogP contribution in [0.25, 0.3) is 0 Å². The molecule has 0 saturated carbocycles. The molecule has 5 nitrogen and oxygen atoms in total. The summed E-state index contributed by atoms with van der Waals surface area (Å²) in [4.78, 5) is 10.7. The number of ether oxygens (including phenoxy) is 2. The maximum atomic E-state index is 10.7. The van der Waals surface area contributed by atoms with Gasteiger partial charge in [0.1, 0.15) is 11.5 Å². The quantitative estimate of drug-likeness (QED) is 0.813. The minimum atomic E-state index is -1.60. The van der Waals surface area contributed by atoms with Gasteiger partial charge >= 0.3 is 5.97 Å². The molecule has 6 heteroatoms. The zero-order valence-corrected chi connectivity index (χ0v) is 10.9. The topological polar surface area (TPSA) is 76.0 Å². The molecule has 16 heavy (non-hydrogen) atoms. The van der Waals surface area contributed by atoms with Gasteiger partial charge in [0.05, 0.1) is 17.8 Å². The molecule has 0 spiro atoms. The van der Waals surface area contributed by atoms with Crippen molar-refractivity contribution in [1.29, 1.82) is 0 Å². The molecule has 0 fully saturated rings. The highest BCUT2D eigenvalue weighted by molar-refractivity contribution is 14.1. The second-order valence-electron chi connectivity index (χ2n) is 2.95. The molecule has 1 unspecified atom stereocenters. The smallest absolute Gasteiger partial charge is 0.337 e. The van der Waals surface area contributed by atoms with Gasteiger partial charge in [0.15, 0.2) is 6.10 Å². The number of carboxylic acids is 1. The van der Waals surface area contributed by atoms with Crippen LogP contribution in [0.5, 0.6) is 11.5 Å². The zero-order valence-electron chi connectivity index (χ0n) is 8.73. The van der Waals surface area contributed by atoms with Gasteiger partial charge in [0, 0.05) is 5.56 Å². The summed E-state index contributed by atoms with van der Waals surface area (Å²) in [6, 6.07) is 3.06. The number of halogens is 1. The van der Waals surface area contributed by atoms with E-state index in [0.717, 1.165) is 0 Å². The predicted molar refractivity (Wildman–Crippen MR) is 64.9 cm³/mol. The van der Waals surface area contributed by atoms with E-state index in [2.05, 4.69) is 0 Å². The minimum Gasteiger partial charge on any atom is -0.496 e. The highest BCUT2D eigenvalue weighted by Crippen LogP contribution is 2.36. The molecule has 0 amide bonds. The van der Waals surface area contributed by atoms with Gasteiger partial charge in [-0.1, -0.05) is 0 Å². The van der Waals surface area contributed by atoms with Crippen molar-refractivity contribution in [3.8, 4) is 11.5 Å². The molecule has 1 aromatic carbocycles. The van der Waals surface area contributed by atoms with E-state index >= 15 is 0 Å². The molecule has 0 bridgehead atoms. The van der Waals surface area contributed by atoms with Crippen molar-refractivity contribution in [2.45, 2.75) is 6.10 Å². The van der Waals surface area contributed by atoms with Crippen LogP contribution in [-0.4, -0.2) is 30.4 Å². The number of carbonyl (C=O) groups is 1. The molecule has 88 valence electrons. The summed E-state index contributed by atoms with van der Waals surface area (Å²) < 4.78 is 10.8. The monoisotopic (exact) mass is 338 g/mol. The van der Waals surface area contributed by atoms with Crippen LogP contribution < -0.4 is 9.47 Å². The Hall–Kier alpha value is -1.02. The molecule has 2 N–H and O–H groups in total. The van der Waals surface area contributed by atoms with Crippen LogP contribution in [0.4, 0.5) is 0 Å². The first-order chi connectivity index (χ1) is 7.52. The Labute approximate surface area is 106 Å². The van der Waals surface area contributed by atoms with Crippen LogP contribution in [0.2, 0.25) is 0 Å². The number of carboxylic acid groups (broad SMARTS) is 1. The van der Waals surface area contributed by atoms with E-state index in [1.54, 1.807) is 6.07 Å². The first kappa shape index (κ1) is 13.0. The molecule has 0 heterocycles. The number of aliphatic hydroxyl groups is 1. The van der Waals surface area contributed by atoms with E-state index < -0.39 is 12.1 Å². The van der Waals surface area contributed by atoms with Crippen molar-refractivity contribution in [3.63, 3.8) is 0 Å². The van der Waals surface area contributed by atoms with Gasteiger partial charge in [-0.05, 0) is 34.7 Å². The number of methoxy groups -OCH3 is 2. The number of aliphatic carboxylic acids is 1. The molecule has 0 aliphatic rings. The maximum absolute atomic E-state index is 10.7. The highest BCUT2D eigenvalue weighted by atomic mass is 127. The van der Waals surface area contributed by atoms with Gasteiger partial charge in [-0.15, -0.1) is 0 Å². The van der Waals surface area contributed by atoms with Crippen molar-refractivity contribution >= 4 is 28.6 Å². The summed E-state index contributed by atoms with van der Waals surface area (Å²) in [5.74, 6) is -0.437. The van der Waals surface area contributed by atoms with Crippen molar-refractivity contribution in [2.24, 2.45) is 0 Å². The van der Waals surface area contributed by atoms with Crippen LogP contribution in [0.1, 0.15) is 11.7 Å². The summed E-state index contributed by atoms with van der Waals surface area (Å²) in [5, 5.41) is 18.2. The first-order valence-electron chi connectivity index (χ1n) is 4.34. The lowest BCUT2D eigenvalue weighted by atomic mass is 10.1. The normalized spacial score (nSPS) is 12.0. The average Bonchev–Trinajstić information content (AvgIpc) is 2.27. The molecule has 0 aliphatic carbocycles. The Morgan fingerprint density at radius 2 is 2.00 bits per heavy atom. The maximum Gasteiger partial charge on any atom is 0.337 e. The first-order valence-corrected chi connectivity index (χ1v) is 5.42. The summed E-state index contributed by atoms with van der Waals surface area (Å²) in [6.45, 7) is 0. The lowest BCUT2D eigenvalue weighted by Gasteiger charge is -2.15. The zero-order chi connectivity index (χ0) is 12.3. The number of hydrogen-bond donors (Lipinski definition) is 2. The van der Waals surface area contributed by atoms with Crippen molar-refractivity contribution < 1.29 is 24.5 Å². The largest absolute Gasteiger partial charge is 0.496 e. The summed E-state index contributed by atoms with van der Waals surface area (Å²) >= 11 is 1.97. The van der Waals surface area contributed by atoms with Gasteiger partial charge in [-0.2, -0.15) is 0 Å². The fourth-order valence-electron chi connectivity index (χ4n) is 1.27. The summed E-state index contributed by atoms with van der Waals surface area (Å²) in [7, 11) is 2.92. The molecule has 1 aromatic rings. The third-order valence-corrected chi connectivity index (χ3v) is 3.07. The van der Waals surface area contributed by atoms with Crippen LogP contribution in [0.3, 0.4) is 0 Å². The Bertz CT molecular complexity index is 404. The minimum absolute atomic E-state index is 0.209. The van der Waals surface area contributed by atoms with E-state index in [-0.39, 0.29) is 5.56 Å². The van der Waals surface area contributed by atoms with Crippen LogP contribution in [0, 0.1) is 3.57 Å². The lowest BCUT2D eigenvalue weighted by molar-refractivity contribution is -0.147. The molecule has 0 saturated heterocycles. The summed E-state index contributed by atoms with van der Waals surface area (Å²) in [5.41, 5.74) is 0.209. The Morgan fingerprint density at radius 1 is 1.38 bits per heavy atom. The third kappa shape index (κ3) is 2.38. The molecule has 0 radical (unpaired) electrons. The second-order valence-corrected chi connectivity index (χ2v) is 4.02. The molecule has 1 rings (SSSR count). The Morgan fingerprint density at radius 3 is 2.44 bits per heavy atom. The third-order valence-electron chi connectivity index (χ3n) is 2.04. The van der Waals surface area contributed by atoms with Crippen LogP contribution in [-0.2, 0) is 4.79 Å². The van der Waals surface area contributed by atoms with Gasteiger partial charge in [0.2, 0.25) is 0 Å². The molecule has 0 aromatic heterocycles. The fraction of sp³-hybridized carbons (Fsp3) is 0.300. The van der Waals surface area contributed by atoms with E-state index in [0.29, 0.717) is 15.1 Å². The van der Waals surface area contributed by atoms with Crippen molar-refractivity contribution in [3.05, 3.63) is 21.3 Å². The second kappa shape index (κ2) is 5.35. The molecule has 0 aliphatic heterocycles. The highest BCUT2D eigenvalue weighted by Gasteiger charge is 2.23. The van der Waals surface area contributed by atoms with Crippen molar-refractivity contribution in [2.75, 3.05) is 14.2 Å². The van der Waals surface area contributed by atoms with Gasteiger partial charge in [-0.3, -0.25) is 0 Å². The number of aliphatic hydroxyl groups excluding tert-OH is 1. The number of benzene rings is 1. The Balaban J connectivity index is 3.31. The summed E-state index contributed by atoms with van der Waals surface area (Å²) in [6.07, 6.45) is -1.60. The fourth-order valence-corrected chi connectivity index (χ4v) is 2.20. The SMILES string of the molecule is COc1ccc(C(O)C(=O)O)c(OC)c1I. The van der Waals surface area contributed by atoms with Gasteiger partial charge < -0.3 is 19.7 Å². The van der Waals surface area contributed by atoms with Crippen molar-refractivity contribution in [1.82, 2.24) is 0 Å². The number of rotatable bonds is 4. The molecular weight excluding hydrogens is 327 g/mol. The van der Waals surface area contributed by atoms with E-state index in [9.17, 15) is 9.90 Å². The van der Waals surface area contributed by atoms with Crippen LogP contribution >= 0.6 is 22.6 Å². The molecular formula is C10H11IO5. The standard InChI is InChI=1S/C10H11IO5/c1-15-6-4-3-5(8(12)10(13)14)9(16-2)7(6)11/h3-4,8,12H,1-2H3,(H,13,14). The van der Waals surface area contributed by atoms with Crippen LogP contribution in [0.15, 0.2) is 12.1 Å². The average molecular weight is 338 g/mol. The Kier molecular flexibility index (Phi) is 4.36. The predicted octanol–water partition coefficient (Wildman–Crippen LogP) is 1.43. The van der Waals surface area contributed by atoms with E-state index in [1.165, 1.54) is 20.3 Å². The van der Waals surface area contributed by atoms with Gasteiger partial charge in [0.25, 0.3) is 0 Å². The lowest BCUT2D eigenvalue weighted by Crippen LogP contribution is -2.12. The van der Waals surface area contributed by atoms with E-state index in [4.69, 9.17) is 14.6 Å². The number of hydrogen-bond acceptors (Lipinski definition) is 4.